The predicted molar refractivity (Wildman–Crippen MR) is 124 cm³/mol. The molecule has 30 heavy (non-hydrogen) atoms. The van der Waals surface area contributed by atoms with Crippen molar-refractivity contribution in [2.75, 3.05) is 19.8 Å². The van der Waals surface area contributed by atoms with Gasteiger partial charge < -0.3 is 18.5 Å². The molecule has 1 heterocycles. The molecule has 0 radical (unpaired) electrons. The first-order valence-corrected chi connectivity index (χ1v) is 11.5. The number of carbonyl (C=O) groups is 1. The molecule has 0 saturated carbocycles. The van der Waals surface area contributed by atoms with E-state index < -0.39 is 8.53 Å². The molecule has 162 valence electrons. The SMILES string of the molecule is [C-]#[N+]CCOP(OCCCn1cc(/C=C/C=O)c2ccccc21)N(C(C)C)C(C)C. The lowest BCUT2D eigenvalue weighted by molar-refractivity contribution is -0.104. The molecular formula is C23H32N3O3P. The van der Waals surface area contributed by atoms with Crippen LogP contribution < -0.4 is 0 Å². The topological polar surface area (TPSA) is 48.1 Å². The van der Waals surface area contributed by atoms with Crippen molar-refractivity contribution in [3.8, 4) is 0 Å². The van der Waals surface area contributed by atoms with Crippen molar-refractivity contribution in [3.05, 3.63) is 53.5 Å². The fourth-order valence-corrected chi connectivity index (χ4v) is 5.04. The fraction of sp³-hybridized carbons (Fsp3) is 0.478. The molecule has 0 saturated heterocycles. The highest BCUT2D eigenvalue weighted by molar-refractivity contribution is 7.44. The number of nitrogens with zero attached hydrogens (tertiary/aromatic N) is 3. The molecule has 0 bridgehead atoms. The molecule has 1 unspecified atom stereocenters. The maximum Gasteiger partial charge on any atom is 0.259 e. The van der Waals surface area contributed by atoms with Gasteiger partial charge in [-0.1, -0.05) is 18.2 Å². The highest BCUT2D eigenvalue weighted by Gasteiger charge is 2.27. The lowest BCUT2D eigenvalue weighted by Gasteiger charge is -2.35. The third-order valence-electron chi connectivity index (χ3n) is 4.57. The molecule has 0 aliphatic carbocycles. The number of aldehydes is 1. The average molecular weight is 430 g/mol. The summed E-state index contributed by atoms with van der Waals surface area (Å²) in [5.41, 5.74) is 2.18. The van der Waals surface area contributed by atoms with Gasteiger partial charge in [-0.2, -0.15) is 0 Å². The zero-order chi connectivity index (χ0) is 21.9. The molecule has 0 amide bonds. The molecule has 2 rings (SSSR count). The molecule has 6 nitrogen and oxygen atoms in total. The van der Waals surface area contributed by atoms with Crippen LogP contribution in [0.5, 0.6) is 0 Å². The second-order valence-corrected chi connectivity index (χ2v) is 8.95. The highest BCUT2D eigenvalue weighted by atomic mass is 31.2. The van der Waals surface area contributed by atoms with E-state index in [2.05, 4.69) is 60.1 Å². The summed E-state index contributed by atoms with van der Waals surface area (Å²) in [5.74, 6) is 0. The first-order valence-electron chi connectivity index (χ1n) is 10.4. The summed E-state index contributed by atoms with van der Waals surface area (Å²) >= 11 is 0. The zero-order valence-corrected chi connectivity index (χ0v) is 19.2. The fourth-order valence-electron chi connectivity index (χ4n) is 3.42. The van der Waals surface area contributed by atoms with Crippen LogP contribution >= 0.6 is 8.53 Å². The number of rotatable bonds is 13. The van der Waals surface area contributed by atoms with Crippen LogP contribution in [0.25, 0.3) is 21.8 Å². The molecule has 1 aromatic heterocycles. The third-order valence-corrected chi connectivity index (χ3v) is 6.68. The molecule has 2 aromatic rings. The normalized spacial score (nSPS) is 13.0. The summed E-state index contributed by atoms with van der Waals surface area (Å²) in [6.45, 7) is 17.6. The average Bonchev–Trinajstić information content (AvgIpc) is 3.06. The molecule has 1 aromatic carbocycles. The first-order chi connectivity index (χ1) is 14.5. The van der Waals surface area contributed by atoms with Crippen molar-refractivity contribution in [2.24, 2.45) is 0 Å². The van der Waals surface area contributed by atoms with Crippen LogP contribution in [0, 0.1) is 6.57 Å². The van der Waals surface area contributed by atoms with Gasteiger partial charge in [-0.05, 0) is 52.3 Å². The van der Waals surface area contributed by atoms with Gasteiger partial charge in [-0.25, -0.2) is 11.2 Å². The van der Waals surface area contributed by atoms with E-state index in [-0.39, 0.29) is 0 Å². The Labute approximate surface area is 181 Å². The minimum absolute atomic E-state index is 0.296. The van der Waals surface area contributed by atoms with Crippen LogP contribution in [-0.2, 0) is 20.4 Å². The number of hydrogen-bond acceptors (Lipinski definition) is 4. The Balaban J connectivity index is 2.02. The van der Waals surface area contributed by atoms with Crippen molar-refractivity contribution in [2.45, 2.75) is 52.7 Å². The Morgan fingerprint density at radius 3 is 2.53 bits per heavy atom. The second kappa shape index (κ2) is 12.6. The number of benzene rings is 1. The van der Waals surface area contributed by atoms with Gasteiger partial charge in [0.25, 0.3) is 8.53 Å². The van der Waals surface area contributed by atoms with Crippen LogP contribution in [0.1, 0.15) is 39.7 Å². The van der Waals surface area contributed by atoms with Crippen LogP contribution in [0.3, 0.4) is 0 Å². The number of hydrogen-bond donors (Lipinski definition) is 0. The number of aryl methyl sites for hydroxylation is 1. The molecule has 0 aliphatic heterocycles. The van der Waals surface area contributed by atoms with E-state index in [9.17, 15) is 4.79 Å². The smallest absolute Gasteiger partial charge is 0.259 e. The van der Waals surface area contributed by atoms with Crippen LogP contribution in [-0.4, -0.2) is 47.4 Å². The van der Waals surface area contributed by atoms with E-state index in [0.29, 0.717) is 31.8 Å². The lowest BCUT2D eigenvalue weighted by atomic mass is 10.2. The number of para-hydroxylation sites is 1. The molecule has 0 aliphatic rings. The summed E-state index contributed by atoms with van der Waals surface area (Å²) < 4.78 is 16.6. The van der Waals surface area contributed by atoms with E-state index in [1.54, 1.807) is 0 Å². The maximum absolute atomic E-state index is 10.7. The van der Waals surface area contributed by atoms with Gasteiger partial charge in [-0.15, -0.1) is 0 Å². The van der Waals surface area contributed by atoms with E-state index in [1.807, 2.05) is 18.2 Å². The summed E-state index contributed by atoms with van der Waals surface area (Å²) in [6.07, 6.45) is 7.08. The van der Waals surface area contributed by atoms with Crippen LogP contribution in [0.4, 0.5) is 0 Å². The molecular weight excluding hydrogens is 397 g/mol. The standard InChI is InChI=1S/C23H32N3O3P/c1-19(2)26(20(3)4)30(29-17-13-24-5)28-16-9-14-25-18-21(10-8-15-27)22-11-6-7-12-23(22)25/h6-8,10-12,15,18-20H,9,13-14,16-17H2,1-4H3/b10-8+. The Morgan fingerprint density at radius 2 is 1.87 bits per heavy atom. The van der Waals surface area contributed by atoms with Crippen LogP contribution in [0.15, 0.2) is 36.5 Å². The van der Waals surface area contributed by atoms with Gasteiger partial charge in [0.15, 0.2) is 0 Å². The van der Waals surface area contributed by atoms with E-state index in [0.717, 1.165) is 35.7 Å². The third kappa shape index (κ3) is 6.75. The maximum atomic E-state index is 10.7. The monoisotopic (exact) mass is 429 g/mol. The predicted octanol–water partition coefficient (Wildman–Crippen LogP) is 5.54. The van der Waals surface area contributed by atoms with Crippen molar-refractivity contribution in [1.82, 2.24) is 9.24 Å². The minimum atomic E-state index is -1.20. The van der Waals surface area contributed by atoms with Crippen molar-refractivity contribution in [1.29, 1.82) is 0 Å². The molecule has 0 N–H and O–H groups in total. The van der Waals surface area contributed by atoms with Gasteiger partial charge in [-0.3, -0.25) is 4.79 Å². The number of carbonyl (C=O) groups excluding carboxylic acids is 1. The number of aromatic nitrogens is 1. The molecule has 1 atom stereocenters. The van der Waals surface area contributed by atoms with Crippen molar-refractivity contribution in [3.63, 3.8) is 0 Å². The first kappa shape index (κ1) is 24.2. The summed E-state index contributed by atoms with van der Waals surface area (Å²) in [7, 11) is -1.20. The summed E-state index contributed by atoms with van der Waals surface area (Å²) in [5, 5.41) is 1.13. The largest absolute Gasteiger partial charge is 0.347 e. The Morgan fingerprint density at radius 1 is 1.17 bits per heavy atom. The van der Waals surface area contributed by atoms with Gasteiger partial charge in [0.05, 0.1) is 6.61 Å². The molecule has 0 fully saturated rings. The Kier molecular flexibility index (Phi) is 10.2. The van der Waals surface area contributed by atoms with Gasteiger partial charge in [0.2, 0.25) is 6.54 Å². The minimum Gasteiger partial charge on any atom is -0.347 e. The van der Waals surface area contributed by atoms with E-state index in [1.165, 1.54) is 6.08 Å². The highest BCUT2D eigenvalue weighted by Crippen LogP contribution is 2.45. The molecule has 7 heteroatoms. The van der Waals surface area contributed by atoms with Crippen molar-refractivity contribution < 1.29 is 13.8 Å². The number of fused-ring (bicyclic) bond motifs is 1. The quantitative estimate of drug-likeness (QED) is 0.138. The second-order valence-electron chi connectivity index (χ2n) is 7.50. The Hall–Kier alpha value is -2.03. The van der Waals surface area contributed by atoms with Gasteiger partial charge in [0.1, 0.15) is 12.9 Å². The van der Waals surface area contributed by atoms with E-state index in [4.69, 9.17) is 15.6 Å². The lowest BCUT2D eigenvalue weighted by Crippen LogP contribution is -2.33. The molecule has 0 spiro atoms. The summed E-state index contributed by atoms with van der Waals surface area (Å²) in [4.78, 5) is 14.1. The van der Waals surface area contributed by atoms with Crippen LogP contribution in [0.2, 0.25) is 0 Å². The van der Waals surface area contributed by atoms with E-state index >= 15 is 0 Å². The number of allylic oxidation sites excluding steroid dienone is 1. The van der Waals surface area contributed by atoms with Crippen molar-refractivity contribution >= 4 is 31.8 Å². The van der Waals surface area contributed by atoms with Gasteiger partial charge >= 0.3 is 0 Å². The zero-order valence-electron chi connectivity index (χ0n) is 18.3. The summed E-state index contributed by atoms with van der Waals surface area (Å²) in [6, 6.07) is 8.79. The Bertz CT molecular complexity index is 862. The van der Waals surface area contributed by atoms with Gasteiger partial charge in [0, 0.05) is 41.3 Å².